The highest BCUT2D eigenvalue weighted by atomic mass is 16.4. The Balaban J connectivity index is 2.16. The van der Waals surface area contributed by atoms with Crippen molar-refractivity contribution in [1.82, 2.24) is 10.6 Å². The molecule has 0 saturated carbocycles. The monoisotopic (exact) mass is 403 g/mol. The second kappa shape index (κ2) is 9.40. The van der Waals surface area contributed by atoms with Crippen molar-refractivity contribution >= 4 is 35.2 Å². The topological polar surface area (TPSA) is 131 Å². The summed E-state index contributed by atoms with van der Waals surface area (Å²) in [5.41, 5.74) is 1.01. The first-order valence-electron chi connectivity index (χ1n) is 9.58. The lowest BCUT2D eigenvalue weighted by Gasteiger charge is -2.32. The number of nitrogens with one attached hydrogen (secondary N) is 3. The third-order valence-corrected chi connectivity index (χ3v) is 4.55. The number of hydrogen-bond acceptors (Lipinski definition) is 5. The van der Waals surface area contributed by atoms with Crippen LogP contribution in [0.5, 0.6) is 0 Å². The molecule has 2 atom stereocenters. The average Bonchev–Trinajstić information content (AvgIpc) is 2.63. The number of carbonyl (C=O) groups is 4. The van der Waals surface area contributed by atoms with Gasteiger partial charge in [-0.15, -0.1) is 0 Å². The smallest absolute Gasteiger partial charge is 0.323 e. The van der Waals surface area contributed by atoms with Gasteiger partial charge in [0.2, 0.25) is 11.8 Å². The van der Waals surface area contributed by atoms with Crippen LogP contribution in [0.2, 0.25) is 0 Å². The number of benzene rings is 1. The van der Waals surface area contributed by atoms with Crippen molar-refractivity contribution in [3.63, 3.8) is 0 Å². The molecule has 1 aromatic carbocycles. The minimum absolute atomic E-state index is 0.0358. The molecule has 0 aromatic heterocycles. The summed E-state index contributed by atoms with van der Waals surface area (Å²) >= 11 is 0. The second-order valence-electron chi connectivity index (χ2n) is 7.83. The largest absolute Gasteiger partial charge is 0.548 e. The van der Waals surface area contributed by atoms with E-state index in [2.05, 4.69) is 16.0 Å². The normalized spacial score (nSPS) is 15.4. The number of rotatable bonds is 7. The van der Waals surface area contributed by atoms with Gasteiger partial charge in [-0.05, 0) is 30.4 Å². The van der Waals surface area contributed by atoms with Gasteiger partial charge in [-0.1, -0.05) is 39.8 Å². The highest BCUT2D eigenvalue weighted by Crippen LogP contribution is 2.28. The SMILES string of the molecule is CC(C)C[C@H](NC(=O)[C@@H](NC(=O)N1CC(=O)Nc2ccccc21)C(C)C)C(=O)[O-]. The van der Waals surface area contributed by atoms with Gasteiger partial charge in [0.05, 0.1) is 23.4 Å². The van der Waals surface area contributed by atoms with Crippen molar-refractivity contribution in [3.05, 3.63) is 24.3 Å². The van der Waals surface area contributed by atoms with E-state index >= 15 is 0 Å². The van der Waals surface area contributed by atoms with Crippen molar-refractivity contribution in [2.24, 2.45) is 11.8 Å². The minimum Gasteiger partial charge on any atom is -0.548 e. The van der Waals surface area contributed by atoms with Crippen LogP contribution < -0.4 is 26.0 Å². The predicted octanol–water partition coefficient (Wildman–Crippen LogP) is 0.460. The number of carboxylic acid groups (broad SMARTS) is 1. The van der Waals surface area contributed by atoms with Crippen molar-refractivity contribution in [1.29, 1.82) is 0 Å². The fourth-order valence-electron chi connectivity index (χ4n) is 3.11. The van der Waals surface area contributed by atoms with E-state index in [0.717, 1.165) is 0 Å². The molecule has 0 radical (unpaired) electrons. The van der Waals surface area contributed by atoms with Crippen LogP contribution in [0.3, 0.4) is 0 Å². The second-order valence-corrected chi connectivity index (χ2v) is 7.83. The van der Waals surface area contributed by atoms with Crippen LogP contribution in [0, 0.1) is 11.8 Å². The molecule has 0 aliphatic carbocycles. The summed E-state index contributed by atoms with van der Waals surface area (Å²) in [4.78, 5) is 50.1. The molecule has 29 heavy (non-hydrogen) atoms. The Bertz CT molecular complexity index is 793. The van der Waals surface area contributed by atoms with Gasteiger partial charge < -0.3 is 25.9 Å². The Hall–Kier alpha value is -3.10. The van der Waals surface area contributed by atoms with E-state index in [9.17, 15) is 24.3 Å². The first kappa shape index (κ1) is 22.2. The Morgan fingerprint density at radius 3 is 2.38 bits per heavy atom. The molecule has 1 heterocycles. The van der Waals surface area contributed by atoms with E-state index in [0.29, 0.717) is 11.4 Å². The Labute approximate surface area is 169 Å². The molecule has 9 heteroatoms. The van der Waals surface area contributed by atoms with Gasteiger partial charge in [0.25, 0.3) is 0 Å². The van der Waals surface area contributed by atoms with E-state index in [-0.39, 0.29) is 30.7 Å². The van der Waals surface area contributed by atoms with Gasteiger partial charge in [0, 0.05) is 0 Å². The van der Waals surface area contributed by atoms with E-state index in [1.807, 2.05) is 13.8 Å². The molecule has 158 valence electrons. The minimum atomic E-state index is -1.37. The number of anilines is 2. The van der Waals surface area contributed by atoms with Crippen LogP contribution in [0.1, 0.15) is 34.1 Å². The average molecular weight is 403 g/mol. The molecule has 9 nitrogen and oxygen atoms in total. The maximum atomic E-state index is 12.8. The van der Waals surface area contributed by atoms with Gasteiger partial charge in [0.15, 0.2) is 0 Å². The van der Waals surface area contributed by atoms with Crippen LogP contribution in [-0.4, -0.2) is 42.4 Å². The van der Waals surface area contributed by atoms with E-state index < -0.39 is 30.0 Å². The molecule has 3 N–H and O–H groups in total. The van der Waals surface area contributed by atoms with Crippen molar-refractivity contribution in [2.75, 3.05) is 16.8 Å². The number of para-hydroxylation sites is 2. The molecular weight excluding hydrogens is 376 g/mol. The fraction of sp³-hybridized carbons (Fsp3) is 0.500. The van der Waals surface area contributed by atoms with E-state index in [1.165, 1.54) is 4.90 Å². The Morgan fingerprint density at radius 1 is 1.14 bits per heavy atom. The van der Waals surface area contributed by atoms with Crippen LogP contribution in [0.15, 0.2) is 24.3 Å². The zero-order valence-electron chi connectivity index (χ0n) is 17.0. The maximum absolute atomic E-state index is 12.8. The van der Waals surface area contributed by atoms with E-state index in [4.69, 9.17) is 0 Å². The molecule has 1 aliphatic heterocycles. The summed E-state index contributed by atoms with van der Waals surface area (Å²) in [5.74, 6) is -2.61. The molecule has 0 bridgehead atoms. The molecular formula is C20H27N4O5-. The quantitative estimate of drug-likeness (QED) is 0.609. The van der Waals surface area contributed by atoms with Crippen molar-refractivity contribution < 1.29 is 24.3 Å². The first-order valence-corrected chi connectivity index (χ1v) is 9.58. The van der Waals surface area contributed by atoms with Gasteiger partial charge in [-0.3, -0.25) is 14.5 Å². The molecule has 4 amide bonds. The van der Waals surface area contributed by atoms with Gasteiger partial charge in [-0.25, -0.2) is 4.79 Å². The summed E-state index contributed by atoms with van der Waals surface area (Å²) in [6, 6.07) is 4.09. The zero-order valence-corrected chi connectivity index (χ0v) is 17.0. The summed E-state index contributed by atoms with van der Waals surface area (Å²) in [6.45, 7) is 6.95. The number of aliphatic carboxylic acids is 1. The number of hydrogen-bond donors (Lipinski definition) is 3. The number of amides is 4. The number of urea groups is 1. The van der Waals surface area contributed by atoms with Gasteiger partial charge in [0.1, 0.15) is 12.6 Å². The number of carbonyl (C=O) groups excluding carboxylic acids is 4. The Kier molecular flexibility index (Phi) is 7.19. The van der Waals surface area contributed by atoms with Crippen LogP contribution in [0.4, 0.5) is 16.2 Å². The zero-order chi connectivity index (χ0) is 21.7. The molecule has 0 fully saturated rings. The summed E-state index contributed by atoms with van der Waals surface area (Å²) in [6.07, 6.45) is 0.215. The third-order valence-electron chi connectivity index (χ3n) is 4.55. The number of nitrogens with zero attached hydrogens (tertiary/aromatic N) is 1. The summed E-state index contributed by atoms with van der Waals surface area (Å²) in [7, 11) is 0. The lowest BCUT2D eigenvalue weighted by Crippen LogP contribution is -2.58. The van der Waals surface area contributed by atoms with Crippen LogP contribution >= 0.6 is 0 Å². The molecule has 1 aromatic rings. The van der Waals surface area contributed by atoms with Crippen molar-refractivity contribution in [3.8, 4) is 0 Å². The lowest BCUT2D eigenvalue weighted by molar-refractivity contribution is -0.308. The summed E-state index contributed by atoms with van der Waals surface area (Å²) in [5, 5.41) is 19.1. The number of fused-ring (bicyclic) bond motifs is 1. The summed E-state index contributed by atoms with van der Waals surface area (Å²) < 4.78 is 0. The predicted molar refractivity (Wildman–Crippen MR) is 106 cm³/mol. The number of carboxylic acids is 1. The van der Waals surface area contributed by atoms with Gasteiger partial charge in [-0.2, -0.15) is 0 Å². The molecule has 1 aliphatic rings. The Morgan fingerprint density at radius 2 is 1.79 bits per heavy atom. The van der Waals surface area contributed by atoms with Crippen LogP contribution in [-0.2, 0) is 14.4 Å². The first-order chi connectivity index (χ1) is 13.6. The fourth-order valence-corrected chi connectivity index (χ4v) is 3.11. The highest BCUT2D eigenvalue weighted by Gasteiger charge is 2.32. The van der Waals surface area contributed by atoms with Crippen LogP contribution in [0.25, 0.3) is 0 Å². The molecule has 0 spiro atoms. The maximum Gasteiger partial charge on any atom is 0.323 e. The molecule has 2 rings (SSSR count). The van der Waals surface area contributed by atoms with Gasteiger partial charge >= 0.3 is 6.03 Å². The third kappa shape index (κ3) is 5.69. The lowest BCUT2D eigenvalue weighted by atomic mass is 10.0. The molecule has 0 saturated heterocycles. The van der Waals surface area contributed by atoms with Crippen molar-refractivity contribution in [2.45, 2.75) is 46.2 Å². The highest BCUT2D eigenvalue weighted by molar-refractivity contribution is 6.10. The van der Waals surface area contributed by atoms with E-state index in [1.54, 1.807) is 38.1 Å². The standard InChI is InChI=1S/C20H28N4O5/c1-11(2)9-14(19(27)28)22-18(26)17(12(3)4)23-20(29)24-10-16(25)21-13-7-5-6-8-15(13)24/h5-8,11-12,14,17H,9-10H2,1-4H3,(H,21,25)(H,22,26)(H,23,29)(H,27,28)/p-1/t14-,17-/m0/s1. The molecule has 0 unspecified atom stereocenters.